The third kappa shape index (κ3) is 2.01. The first-order valence-corrected chi connectivity index (χ1v) is 4.98. The number of nitrogens with zero attached hydrogens (tertiary/aromatic N) is 2. The van der Waals surface area contributed by atoms with Crippen LogP contribution in [0.4, 0.5) is 5.69 Å². The summed E-state index contributed by atoms with van der Waals surface area (Å²) in [6.07, 6.45) is 4.04. The number of aromatic nitrogens is 2. The van der Waals surface area contributed by atoms with E-state index in [0.717, 1.165) is 5.56 Å². The van der Waals surface area contributed by atoms with Gasteiger partial charge in [-0.25, -0.2) is 0 Å². The lowest BCUT2D eigenvalue weighted by molar-refractivity contribution is 0.215. The van der Waals surface area contributed by atoms with Gasteiger partial charge in [0.1, 0.15) is 6.10 Å². The van der Waals surface area contributed by atoms with E-state index in [0.29, 0.717) is 16.9 Å². The molecule has 2 rings (SSSR count). The topological polar surface area (TPSA) is 72.0 Å². The van der Waals surface area contributed by atoms with Gasteiger partial charge in [-0.3, -0.25) is 9.97 Å². The van der Waals surface area contributed by atoms with Gasteiger partial charge in [0.05, 0.1) is 5.69 Å². The number of aliphatic hydroxyl groups is 1. The number of rotatable bonds is 2. The fourth-order valence-electron chi connectivity index (χ4n) is 1.45. The summed E-state index contributed by atoms with van der Waals surface area (Å²) in [6, 6.07) is 5.34. The molecule has 0 saturated carbocycles. The SMILES string of the molecule is Cc1ccc(C(O)c2cnccc2N)nc1. The van der Waals surface area contributed by atoms with Gasteiger partial charge >= 0.3 is 0 Å². The molecule has 2 aromatic rings. The van der Waals surface area contributed by atoms with Crippen molar-refractivity contribution in [3.63, 3.8) is 0 Å². The van der Waals surface area contributed by atoms with Crippen LogP contribution in [0, 0.1) is 6.92 Å². The largest absolute Gasteiger partial charge is 0.398 e. The Balaban J connectivity index is 2.35. The highest BCUT2D eigenvalue weighted by Crippen LogP contribution is 2.24. The Kier molecular flexibility index (Phi) is 2.83. The second kappa shape index (κ2) is 4.28. The maximum Gasteiger partial charge on any atom is 0.124 e. The number of nitrogen functional groups attached to an aromatic ring is 1. The average molecular weight is 215 g/mol. The smallest absolute Gasteiger partial charge is 0.124 e. The van der Waals surface area contributed by atoms with Crippen molar-refractivity contribution in [1.82, 2.24) is 9.97 Å². The van der Waals surface area contributed by atoms with E-state index in [4.69, 9.17) is 5.73 Å². The number of hydrogen-bond donors (Lipinski definition) is 2. The third-order valence-electron chi connectivity index (χ3n) is 2.40. The zero-order valence-electron chi connectivity index (χ0n) is 8.96. The van der Waals surface area contributed by atoms with Crippen LogP contribution < -0.4 is 5.73 Å². The Morgan fingerprint density at radius 3 is 2.69 bits per heavy atom. The van der Waals surface area contributed by atoms with E-state index in [2.05, 4.69) is 9.97 Å². The predicted octanol–water partition coefficient (Wildman–Crippen LogP) is 1.45. The first-order chi connectivity index (χ1) is 7.68. The van der Waals surface area contributed by atoms with Gasteiger partial charge in [-0.15, -0.1) is 0 Å². The molecule has 82 valence electrons. The molecule has 0 amide bonds. The Labute approximate surface area is 93.8 Å². The molecule has 0 fully saturated rings. The number of aliphatic hydroxyl groups excluding tert-OH is 1. The maximum absolute atomic E-state index is 10.1. The van der Waals surface area contributed by atoms with E-state index < -0.39 is 6.10 Å². The van der Waals surface area contributed by atoms with Gasteiger partial charge in [0.25, 0.3) is 0 Å². The summed E-state index contributed by atoms with van der Waals surface area (Å²) >= 11 is 0. The van der Waals surface area contributed by atoms with Crippen LogP contribution in [0.3, 0.4) is 0 Å². The molecule has 0 aliphatic rings. The highest BCUT2D eigenvalue weighted by Gasteiger charge is 2.14. The van der Waals surface area contributed by atoms with Gasteiger partial charge in [0.2, 0.25) is 0 Å². The van der Waals surface area contributed by atoms with Crippen LogP contribution in [-0.2, 0) is 0 Å². The molecule has 0 spiro atoms. The average Bonchev–Trinajstić information content (AvgIpc) is 2.30. The highest BCUT2D eigenvalue weighted by molar-refractivity contribution is 5.47. The molecule has 4 heteroatoms. The maximum atomic E-state index is 10.1. The van der Waals surface area contributed by atoms with Crippen LogP contribution in [0.1, 0.15) is 22.9 Å². The van der Waals surface area contributed by atoms with E-state index in [-0.39, 0.29) is 0 Å². The predicted molar refractivity (Wildman–Crippen MR) is 61.7 cm³/mol. The molecule has 0 saturated heterocycles. The van der Waals surface area contributed by atoms with E-state index in [1.807, 2.05) is 13.0 Å². The highest BCUT2D eigenvalue weighted by atomic mass is 16.3. The van der Waals surface area contributed by atoms with Crippen LogP contribution in [0.2, 0.25) is 0 Å². The molecule has 2 heterocycles. The third-order valence-corrected chi connectivity index (χ3v) is 2.40. The summed E-state index contributed by atoms with van der Waals surface area (Å²) in [6.45, 7) is 1.95. The van der Waals surface area contributed by atoms with Gasteiger partial charge in [-0.2, -0.15) is 0 Å². The van der Waals surface area contributed by atoms with Gasteiger partial charge in [0, 0.05) is 29.8 Å². The zero-order valence-corrected chi connectivity index (χ0v) is 8.96. The molecule has 0 aromatic carbocycles. The molecule has 0 radical (unpaired) electrons. The summed E-state index contributed by atoms with van der Waals surface area (Å²) < 4.78 is 0. The molecule has 4 nitrogen and oxygen atoms in total. The number of anilines is 1. The lowest BCUT2D eigenvalue weighted by atomic mass is 10.1. The van der Waals surface area contributed by atoms with Crippen molar-refractivity contribution in [3.05, 3.63) is 53.6 Å². The Morgan fingerprint density at radius 1 is 1.25 bits per heavy atom. The monoisotopic (exact) mass is 215 g/mol. The van der Waals surface area contributed by atoms with Crippen molar-refractivity contribution in [1.29, 1.82) is 0 Å². The number of aryl methyl sites for hydroxylation is 1. The van der Waals surface area contributed by atoms with Crippen LogP contribution in [0.15, 0.2) is 36.8 Å². The van der Waals surface area contributed by atoms with Crippen molar-refractivity contribution >= 4 is 5.69 Å². The van der Waals surface area contributed by atoms with E-state index in [9.17, 15) is 5.11 Å². The molecule has 1 atom stereocenters. The second-order valence-corrected chi connectivity index (χ2v) is 3.67. The fraction of sp³-hybridized carbons (Fsp3) is 0.167. The minimum Gasteiger partial charge on any atom is -0.398 e. The molecule has 3 N–H and O–H groups in total. The minimum atomic E-state index is -0.825. The Hall–Kier alpha value is -1.94. The molecular formula is C12H13N3O. The van der Waals surface area contributed by atoms with Crippen LogP contribution in [-0.4, -0.2) is 15.1 Å². The van der Waals surface area contributed by atoms with E-state index in [1.54, 1.807) is 30.7 Å². The summed E-state index contributed by atoms with van der Waals surface area (Å²) in [7, 11) is 0. The first kappa shape index (κ1) is 10.6. The number of hydrogen-bond acceptors (Lipinski definition) is 4. The normalized spacial score (nSPS) is 12.4. The number of nitrogens with two attached hydrogens (primary N) is 1. The van der Waals surface area contributed by atoms with Crippen molar-refractivity contribution in [3.8, 4) is 0 Å². The fourth-order valence-corrected chi connectivity index (χ4v) is 1.45. The molecule has 0 aliphatic heterocycles. The van der Waals surface area contributed by atoms with Gasteiger partial charge in [-0.1, -0.05) is 6.07 Å². The van der Waals surface area contributed by atoms with Crippen molar-refractivity contribution in [2.24, 2.45) is 0 Å². The van der Waals surface area contributed by atoms with Crippen LogP contribution in [0.5, 0.6) is 0 Å². The van der Waals surface area contributed by atoms with Crippen LogP contribution >= 0.6 is 0 Å². The lowest BCUT2D eigenvalue weighted by Gasteiger charge is -2.12. The molecule has 0 aliphatic carbocycles. The lowest BCUT2D eigenvalue weighted by Crippen LogP contribution is -2.06. The first-order valence-electron chi connectivity index (χ1n) is 4.98. The number of pyridine rings is 2. The standard InChI is InChI=1S/C12H13N3O/c1-8-2-3-11(15-6-8)12(16)9-7-14-5-4-10(9)13/h2-7,12,16H,1H3,(H2,13,14). The molecule has 16 heavy (non-hydrogen) atoms. The van der Waals surface area contributed by atoms with Gasteiger partial charge in [-0.05, 0) is 24.6 Å². The Bertz CT molecular complexity index is 482. The quantitative estimate of drug-likeness (QED) is 0.795. The molecular weight excluding hydrogens is 202 g/mol. The summed E-state index contributed by atoms with van der Waals surface area (Å²) in [5.74, 6) is 0. The second-order valence-electron chi connectivity index (χ2n) is 3.67. The van der Waals surface area contributed by atoms with Crippen molar-refractivity contribution in [2.75, 3.05) is 5.73 Å². The van der Waals surface area contributed by atoms with Crippen LogP contribution in [0.25, 0.3) is 0 Å². The van der Waals surface area contributed by atoms with E-state index in [1.165, 1.54) is 0 Å². The van der Waals surface area contributed by atoms with E-state index >= 15 is 0 Å². The zero-order chi connectivity index (χ0) is 11.5. The Morgan fingerprint density at radius 2 is 2.06 bits per heavy atom. The van der Waals surface area contributed by atoms with Crippen molar-refractivity contribution < 1.29 is 5.11 Å². The minimum absolute atomic E-state index is 0.518. The molecule has 1 unspecified atom stereocenters. The van der Waals surface area contributed by atoms with Crippen molar-refractivity contribution in [2.45, 2.75) is 13.0 Å². The molecule has 0 bridgehead atoms. The molecule has 2 aromatic heterocycles. The van der Waals surface area contributed by atoms with Gasteiger partial charge < -0.3 is 10.8 Å². The summed E-state index contributed by atoms with van der Waals surface area (Å²) in [5.41, 5.74) is 8.49. The van der Waals surface area contributed by atoms with Gasteiger partial charge in [0.15, 0.2) is 0 Å². The summed E-state index contributed by atoms with van der Waals surface area (Å²) in [4.78, 5) is 8.10. The summed E-state index contributed by atoms with van der Waals surface area (Å²) in [5, 5.41) is 10.1.